The number of aromatic amines is 1. The Balaban J connectivity index is 1.35. The topological polar surface area (TPSA) is 114 Å². The van der Waals surface area contributed by atoms with Gasteiger partial charge in [-0.2, -0.15) is 0 Å². The maximum atomic E-state index is 12.6. The van der Waals surface area contributed by atoms with Gasteiger partial charge < -0.3 is 10.3 Å². The Hall–Kier alpha value is -4.53. The van der Waals surface area contributed by atoms with Gasteiger partial charge in [0.1, 0.15) is 6.54 Å². The van der Waals surface area contributed by atoms with Crippen LogP contribution in [-0.2, 0) is 11.3 Å². The van der Waals surface area contributed by atoms with E-state index in [1.54, 1.807) is 42.6 Å². The number of amides is 1. The molecule has 0 saturated heterocycles. The molecular formula is C22H16N6O3. The minimum atomic E-state index is -0.630. The molecule has 0 radical (unpaired) electrons. The smallest absolute Gasteiger partial charge is 0.325 e. The molecule has 9 heteroatoms. The number of benzene rings is 2. The largest absolute Gasteiger partial charge is 0.329 e. The number of imidazole rings is 1. The molecule has 3 heterocycles. The van der Waals surface area contributed by atoms with E-state index in [4.69, 9.17) is 0 Å². The lowest BCUT2D eigenvalue weighted by Gasteiger charge is -2.08. The summed E-state index contributed by atoms with van der Waals surface area (Å²) in [6, 6.07) is 15.6. The zero-order chi connectivity index (χ0) is 21.4. The molecule has 3 aromatic heterocycles. The van der Waals surface area contributed by atoms with Crippen LogP contribution in [0, 0.1) is 0 Å². The highest BCUT2D eigenvalue weighted by atomic mass is 16.2. The van der Waals surface area contributed by atoms with Crippen molar-refractivity contribution in [1.29, 1.82) is 0 Å². The minimum Gasteiger partial charge on any atom is -0.325 e. The van der Waals surface area contributed by atoms with Crippen molar-refractivity contribution in [2.75, 3.05) is 5.32 Å². The van der Waals surface area contributed by atoms with E-state index >= 15 is 0 Å². The van der Waals surface area contributed by atoms with Crippen LogP contribution in [0.1, 0.15) is 0 Å². The van der Waals surface area contributed by atoms with Crippen LogP contribution in [-0.4, -0.2) is 29.8 Å². The summed E-state index contributed by atoms with van der Waals surface area (Å²) >= 11 is 0. The van der Waals surface area contributed by atoms with E-state index in [9.17, 15) is 14.4 Å². The summed E-state index contributed by atoms with van der Waals surface area (Å²) in [5, 5.41) is 3.06. The SMILES string of the molecule is O=C(Cn1c(=O)[nH]c2ccccc2c1=O)Nc1ccc(-c2cn3cccnc3n2)cc1. The molecular weight excluding hydrogens is 396 g/mol. The van der Waals surface area contributed by atoms with E-state index in [1.807, 2.05) is 35.0 Å². The molecule has 1 amide bonds. The predicted molar refractivity (Wildman–Crippen MR) is 116 cm³/mol. The Bertz CT molecular complexity index is 1510. The number of para-hydroxylation sites is 1. The molecule has 152 valence electrons. The fourth-order valence-electron chi connectivity index (χ4n) is 3.38. The van der Waals surface area contributed by atoms with Gasteiger partial charge in [0.2, 0.25) is 11.7 Å². The van der Waals surface area contributed by atoms with Gasteiger partial charge in [0.15, 0.2) is 0 Å². The van der Waals surface area contributed by atoms with Crippen LogP contribution in [0.15, 0.2) is 82.8 Å². The van der Waals surface area contributed by atoms with Gasteiger partial charge in [-0.25, -0.2) is 14.8 Å². The van der Waals surface area contributed by atoms with E-state index in [0.29, 0.717) is 22.4 Å². The number of fused-ring (bicyclic) bond motifs is 2. The van der Waals surface area contributed by atoms with Crippen LogP contribution in [0.4, 0.5) is 5.69 Å². The molecule has 2 N–H and O–H groups in total. The number of hydrogen-bond donors (Lipinski definition) is 2. The van der Waals surface area contributed by atoms with Gasteiger partial charge in [0.25, 0.3) is 5.56 Å². The lowest BCUT2D eigenvalue weighted by atomic mass is 10.1. The van der Waals surface area contributed by atoms with Crippen LogP contribution in [0.2, 0.25) is 0 Å². The number of H-pyrrole nitrogens is 1. The molecule has 31 heavy (non-hydrogen) atoms. The van der Waals surface area contributed by atoms with E-state index in [2.05, 4.69) is 20.3 Å². The Labute approximate surface area is 174 Å². The van der Waals surface area contributed by atoms with Crippen molar-refractivity contribution in [3.63, 3.8) is 0 Å². The summed E-state index contributed by atoms with van der Waals surface area (Å²) in [6.45, 7) is -0.390. The molecule has 0 bridgehead atoms. The number of carbonyl (C=O) groups is 1. The summed E-state index contributed by atoms with van der Waals surface area (Å²) < 4.78 is 2.71. The lowest BCUT2D eigenvalue weighted by molar-refractivity contribution is -0.116. The zero-order valence-corrected chi connectivity index (χ0v) is 16.1. The Morgan fingerprint density at radius 3 is 2.65 bits per heavy atom. The number of nitrogens with zero attached hydrogens (tertiary/aromatic N) is 4. The monoisotopic (exact) mass is 412 g/mol. The van der Waals surface area contributed by atoms with E-state index in [1.165, 1.54) is 0 Å². The van der Waals surface area contributed by atoms with Crippen molar-refractivity contribution in [2.24, 2.45) is 0 Å². The zero-order valence-electron chi connectivity index (χ0n) is 16.1. The fourth-order valence-corrected chi connectivity index (χ4v) is 3.38. The molecule has 0 aliphatic carbocycles. The average molecular weight is 412 g/mol. The molecule has 0 aliphatic heterocycles. The van der Waals surface area contributed by atoms with Crippen molar-refractivity contribution in [2.45, 2.75) is 6.54 Å². The first-order valence-electron chi connectivity index (χ1n) is 9.50. The fraction of sp³-hybridized carbons (Fsp3) is 0.0455. The highest BCUT2D eigenvalue weighted by Crippen LogP contribution is 2.20. The first kappa shape index (κ1) is 18.5. The normalized spacial score (nSPS) is 11.1. The molecule has 0 fully saturated rings. The van der Waals surface area contributed by atoms with Crippen molar-refractivity contribution in [3.05, 3.63) is 94.0 Å². The van der Waals surface area contributed by atoms with Crippen LogP contribution < -0.4 is 16.6 Å². The molecule has 0 spiro atoms. The van der Waals surface area contributed by atoms with Crippen LogP contribution >= 0.6 is 0 Å². The molecule has 2 aromatic carbocycles. The molecule has 0 saturated carbocycles. The quantitative estimate of drug-likeness (QED) is 0.469. The number of aromatic nitrogens is 5. The van der Waals surface area contributed by atoms with Crippen LogP contribution in [0.5, 0.6) is 0 Å². The van der Waals surface area contributed by atoms with Gasteiger partial charge >= 0.3 is 5.69 Å². The first-order valence-corrected chi connectivity index (χ1v) is 9.50. The van der Waals surface area contributed by atoms with Crippen molar-refractivity contribution in [3.8, 4) is 11.3 Å². The standard InChI is InChI=1S/C22H16N6O3/c29-19(13-28-20(30)16-4-1-2-5-17(16)26-22(28)31)24-15-8-6-14(7-9-15)18-12-27-11-3-10-23-21(27)25-18/h1-12H,13H2,(H,24,29)(H,26,31). The highest BCUT2D eigenvalue weighted by molar-refractivity contribution is 5.91. The summed E-state index contributed by atoms with van der Waals surface area (Å²) in [7, 11) is 0. The Morgan fingerprint density at radius 1 is 1.03 bits per heavy atom. The number of carbonyl (C=O) groups excluding carboxylic acids is 1. The van der Waals surface area contributed by atoms with Gasteiger partial charge in [-0.15, -0.1) is 0 Å². The van der Waals surface area contributed by atoms with Gasteiger partial charge in [-0.3, -0.25) is 18.6 Å². The van der Waals surface area contributed by atoms with Crippen molar-refractivity contribution < 1.29 is 4.79 Å². The number of rotatable bonds is 4. The third-order valence-corrected chi connectivity index (χ3v) is 4.89. The van der Waals surface area contributed by atoms with Crippen molar-refractivity contribution >= 4 is 28.3 Å². The summed E-state index contributed by atoms with van der Waals surface area (Å²) in [5.41, 5.74) is 1.46. The van der Waals surface area contributed by atoms with E-state index in [0.717, 1.165) is 15.8 Å². The van der Waals surface area contributed by atoms with Gasteiger partial charge in [0, 0.05) is 29.8 Å². The third kappa shape index (κ3) is 3.48. The summed E-state index contributed by atoms with van der Waals surface area (Å²) in [4.78, 5) is 48.5. The maximum Gasteiger partial charge on any atom is 0.329 e. The second kappa shape index (κ2) is 7.38. The first-order chi connectivity index (χ1) is 15.1. The lowest BCUT2D eigenvalue weighted by Crippen LogP contribution is -2.38. The van der Waals surface area contributed by atoms with Crippen LogP contribution in [0.25, 0.3) is 27.9 Å². The molecule has 5 aromatic rings. The average Bonchev–Trinajstić information content (AvgIpc) is 3.21. The maximum absolute atomic E-state index is 12.6. The van der Waals surface area contributed by atoms with Gasteiger partial charge in [-0.1, -0.05) is 24.3 Å². The Kier molecular flexibility index (Phi) is 4.40. The van der Waals surface area contributed by atoms with Gasteiger partial charge in [-0.05, 0) is 30.3 Å². The molecule has 0 unspecified atom stereocenters. The predicted octanol–water partition coefficient (Wildman–Crippen LogP) is 2.04. The second-order valence-electron chi connectivity index (χ2n) is 6.95. The molecule has 9 nitrogen and oxygen atoms in total. The molecule has 0 aliphatic rings. The molecule has 5 rings (SSSR count). The Morgan fingerprint density at radius 2 is 1.84 bits per heavy atom. The minimum absolute atomic E-state index is 0.348. The third-order valence-electron chi connectivity index (χ3n) is 4.89. The number of nitrogens with one attached hydrogen (secondary N) is 2. The summed E-state index contributed by atoms with van der Waals surface area (Å²) in [5.74, 6) is 0.119. The second-order valence-corrected chi connectivity index (χ2v) is 6.95. The number of anilines is 1. The van der Waals surface area contributed by atoms with E-state index < -0.39 is 23.7 Å². The highest BCUT2D eigenvalue weighted by Gasteiger charge is 2.12. The summed E-state index contributed by atoms with van der Waals surface area (Å²) in [6.07, 6.45) is 5.41. The van der Waals surface area contributed by atoms with Crippen LogP contribution in [0.3, 0.4) is 0 Å². The van der Waals surface area contributed by atoms with Gasteiger partial charge in [0.05, 0.1) is 16.6 Å². The van der Waals surface area contributed by atoms with E-state index in [-0.39, 0.29) is 0 Å². The van der Waals surface area contributed by atoms with Crippen molar-refractivity contribution in [1.82, 2.24) is 23.9 Å². The molecule has 0 atom stereocenters. The number of hydrogen-bond acceptors (Lipinski definition) is 5.